The molecule has 0 amide bonds. The van der Waals surface area contributed by atoms with Crippen LogP contribution >= 0.6 is 34.8 Å². The first-order valence-corrected chi connectivity index (χ1v) is 3.33. The Balaban J connectivity index is 2.90. The van der Waals surface area contributed by atoms with Gasteiger partial charge in [-0.25, -0.2) is 0 Å². The molecule has 0 aliphatic heterocycles. The summed E-state index contributed by atoms with van der Waals surface area (Å²) in [6, 6.07) is 1.60. The van der Waals surface area contributed by atoms with Crippen molar-refractivity contribution < 1.29 is 4.42 Å². The van der Waals surface area contributed by atoms with Gasteiger partial charge in [-0.05, 0) is 6.07 Å². The maximum absolute atomic E-state index is 5.47. The van der Waals surface area contributed by atoms with Crippen molar-refractivity contribution in [2.45, 2.75) is 3.79 Å². The average molecular weight is 185 g/mol. The zero-order chi connectivity index (χ0) is 6.91. The first-order valence-electron chi connectivity index (χ1n) is 2.20. The lowest BCUT2D eigenvalue weighted by molar-refractivity contribution is 0.564. The van der Waals surface area contributed by atoms with Gasteiger partial charge in [0.25, 0.3) is 0 Å². The molecule has 1 aromatic heterocycles. The largest absolute Gasteiger partial charge is 0.472 e. The zero-order valence-electron chi connectivity index (χ0n) is 4.27. The van der Waals surface area contributed by atoms with E-state index in [1.165, 1.54) is 12.5 Å². The maximum Gasteiger partial charge on any atom is 0.219 e. The molecule has 0 unspecified atom stereocenters. The molecule has 0 radical (unpaired) electrons. The Morgan fingerprint density at radius 3 is 2.22 bits per heavy atom. The van der Waals surface area contributed by atoms with Crippen LogP contribution in [0.3, 0.4) is 0 Å². The molecule has 0 fully saturated rings. The lowest BCUT2D eigenvalue weighted by Gasteiger charge is -2.04. The summed E-state index contributed by atoms with van der Waals surface area (Å²) in [5, 5.41) is 0. The van der Waals surface area contributed by atoms with E-state index in [1.807, 2.05) is 0 Å². The fraction of sp³-hybridized carbons (Fsp3) is 0.200. The summed E-state index contributed by atoms with van der Waals surface area (Å²) in [6.07, 6.45) is 2.85. The molecule has 0 aliphatic rings. The molecule has 50 valence electrons. The topological polar surface area (TPSA) is 13.1 Å². The smallest absolute Gasteiger partial charge is 0.219 e. The van der Waals surface area contributed by atoms with E-state index in [4.69, 9.17) is 34.8 Å². The molecule has 0 saturated carbocycles. The molecule has 1 rings (SSSR count). The van der Waals surface area contributed by atoms with Crippen LogP contribution in [0.2, 0.25) is 0 Å². The van der Waals surface area contributed by atoms with Crippen molar-refractivity contribution in [3.8, 4) is 0 Å². The fourth-order valence-electron chi connectivity index (χ4n) is 0.426. The Kier molecular flexibility index (Phi) is 1.94. The van der Waals surface area contributed by atoms with E-state index in [0.717, 1.165) is 0 Å². The van der Waals surface area contributed by atoms with Crippen molar-refractivity contribution in [1.29, 1.82) is 0 Å². The molecular weight excluding hydrogens is 182 g/mol. The van der Waals surface area contributed by atoms with Crippen molar-refractivity contribution in [3.05, 3.63) is 24.2 Å². The third-order valence-corrected chi connectivity index (χ3v) is 1.50. The summed E-state index contributed by atoms with van der Waals surface area (Å²) < 4.78 is 3.33. The standard InChI is InChI=1S/C5H3Cl3O/c6-5(7,8)4-1-2-9-3-4/h1-3H. The van der Waals surface area contributed by atoms with Gasteiger partial charge in [0, 0.05) is 5.56 Å². The quantitative estimate of drug-likeness (QED) is 0.566. The summed E-state index contributed by atoms with van der Waals surface area (Å²) in [5.41, 5.74) is 0.549. The van der Waals surface area contributed by atoms with E-state index in [-0.39, 0.29) is 0 Å². The van der Waals surface area contributed by atoms with E-state index in [1.54, 1.807) is 6.07 Å². The Hall–Kier alpha value is 0.150. The highest BCUT2D eigenvalue weighted by Gasteiger charge is 2.23. The van der Waals surface area contributed by atoms with E-state index in [0.29, 0.717) is 5.56 Å². The van der Waals surface area contributed by atoms with Crippen LogP contribution < -0.4 is 0 Å². The Morgan fingerprint density at radius 2 is 2.00 bits per heavy atom. The number of furan rings is 1. The molecular formula is C5H3Cl3O. The average Bonchev–Trinajstić information content (AvgIpc) is 2.08. The van der Waals surface area contributed by atoms with Crippen LogP contribution in [0.5, 0.6) is 0 Å². The SMILES string of the molecule is ClC(Cl)(Cl)c1ccoc1. The van der Waals surface area contributed by atoms with Crippen molar-refractivity contribution >= 4 is 34.8 Å². The molecule has 0 aromatic carbocycles. The van der Waals surface area contributed by atoms with E-state index in [9.17, 15) is 0 Å². The van der Waals surface area contributed by atoms with Gasteiger partial charge in [0.1, 0.15) is 0 Å². The predicted octanol–water partition coefficient (Wildman–Crippen LogP) is 3.11. The molecule has 1 heterocycles. The van der Waals surface area contributed by atoms with Gasteiger partial charge < -0.3 is 4.42 Å². The summed E-state index contributed by atoms with van der Waals surface area (Å²) in [4.78, 5) is 0. The highest BCUT2D eigenvalue weighted by molar-refractivity contribution is 6.66. The van der Waals surface area contributed by atoms with E-state index < -0.39 is 3.79 Å². The molecule has 0 N–H and O–H groups in total. The van der Waals surface area contributed by atoms with Crippen LogP contribution in [0.25, 0.3) is 0 Å². The maximum atomic E-state index is 5.47. The van der Waals surface area contributed by atoms with Crippen LogP contribution in [-0.4, -0.2) is 0 Å². The molecule has 0 aliphatic carbocycles. The predicted molar refractivity (Wildman–Crippen MR) is 37.9 cm³/mol. The van der Waals surface area contributed by atoms with Gasteiger partial charge in [-0.15, -0.1) is 0 Å². The summed E-state index contributed by atoms with van der Waals surface area (Å²) in [6.45, 7) is 0. The molecule has 0 atom stereocenters. The monoisotopic (exact) mass is 184 g/mol. The minimum atomic E-state index is -1.35. The summed E-state index contributed by atoms with van der Waals surface area (Å²) in [7, 11) is 0. The van der Waals surface area contributed by atoms with Gasteiger partial charge in [0.2, 0.25) is 3.79 Å². The zero-order valence-corrected chi connectivity index (χ0v) is 6.54. The molecule has 4 heteroatoms. The van der Waals surface area contributed by atoms with Gasteiger partial charge in [-0.2, -0.15) is 0 Å². The van der Waals surface area contributed by atoms with Crippen molar-refractivity contribution in [2.24, 2.45) is 0 Å². The number of rotatable bonds is 0. The normalized spacial score (nSPS) is 11.9. The lowest BCUT2D eigenvalue weighted by Crippen LogP contribution is -1.95. The Morgan fingerprint density at radius 1 is 1.33 bits per heavy atom. The van der Waals surface area contributed by atoms with Crippen molar-refractivity contribution in [1.82, 2.24) is 0 Å². The van der Waals surface area contributed by atoms with Crippen LogP contribution in [0.4, 0.5) is 0 Å². The molecule has 0 spiro atoms. The minimum absolute atomic E-state index is 0.549. The third kappa shape index (κ3) is 1.78. The van der Waals surface area contributed by atoms with Crippen LogP contribution in [0.1, 0.15) is 5.56 Å². The van der Waals surface area contributed by atoms with Crippen LogP contribution in [-0.2, 0) is 3.79 Å². The van der Waals surface area contributed by atoms with E-state index >= 15 is 0 Å². The Bertz CT molecular complexity index is 175. The Labute approximate surface area is 67.5 Å². The minimum Gasteiger partial charge on any atom is -0.472 e. The van der Waals surface area contributed by atoms with Gasteiger partial charge >= 0.3 is 0 Å². The van der Waals surface area contributed by atoms with Gasteiger partial charge in [-0.3, -0.25) is 0 Å². The fourth-order valence-corrected chi connectivity index (χ4v) is 0.748. The second-order valence-electron chi connectivity index (χ2n) is 1.51. The van der Waals surface area contributed by atoms with Gasteiger partial charge in [0.15, 0.2) is 0 Å². The first-order chi connectivity index (χ1) is 4.11. The van der Waals surface area contributed by atoms with Gasteiger partial charge in [0.05, 0.1) is 12.5 Å². The number of alkyl halides is 3. The highest BCUT2D eigenvalue weighted by atomic mass is 35.6. The van der Waals surface area contributed by atoms with Crippen molar-refractivity contribution in [3.63, 3.8) is 0 Å². The summed E-state index contributed by atoms with van der Waals surface area (Å²) >= 11 is 16.4. The molecule has 0 saturated heterocycles. The van der Waals surface area contributed by atoms with Crippen molar-refractivity contribution in [2.75, 3.05) is 0 Å². The van der Waals surface area contributed by atoms with Crippen LogP contribution in [0.15, 0.2) is 23.0 Å². The number of hydrogen-bond acceptors (Lipinski definition) is 1. The molecule has 1 nitrogen and oxygen atoms in total. The highest BCUT2D eigenvalue weighted by Crippen LogP contribution is 2.37. The summed E-state index contributed by atoms with van der Waals surface area (Å²) in [5.74, 6) is 0. The second kappa shape index (κ2) is 2.41. The second-order valence-corrected chi connectivity index (χ2v) is 3.79. The van der Waals surface area contributed by atoms with Gasteiger partial charge in [-0.1, -0.05) is 34.8 Å². The van der Waals surface area contributed by atoms with E-state index in [2.05, 4.69) is 4.42 Å². The molecule has 0 bridgehead atoms. The van der Waals surface area contributed by atoms with Crippen LogP contribution in [0, 0.1) is 0 Å². The number of hydrogen-bond donors (Lipinski definition) is 0. The lowest BCUT2D eigenvalue weighted by atomic mass is 10.4. The first kappa shape index (κ1) is 7.26. The number of halogens is 3. The molecule has 1 aromatic rings. The molecule has 9 heavy (non-hydrogen) atoms. The third-order valence-electron chi connectivity index (χ3n) is 0.849.